The van der Waals surface area contributed by atoms with Gasteiger partial charge in [0.2, 0.25) is 0 Å². The van der Waals surface area contributed by atoms with Crippen LogP contribution in [0.2, 0.25) is 0 Å². The molecule has 61 heavy (non-hydrogen) atoms. The van der Waals surface area contributed by atoms with Crippen molar-refractivity contribution >= 4 is 49.5 Å². The molecule has 0 fully saturated rings. The van der Waals surface area contributed by atoms with Gasteiger partial charge in [0.05, 0.1) is 28.3 Å². The van der Waals surface area contributed by atoms with Crippen LogP contribution in [0, 0.1) is 0 Å². The lowest BCUT2D eigenvalue weighted by atomic mass is 9.93. The van der Waals surface area contributed by atoms with Crippen LogP contribution in [0.15, 0.2) is 231 Å². The number of rotatable bonds is 8. The van der Waals surface area contributed by atoms with Gasteiger partial charge < -0.3 is 4.90 Å². The predicted octanol–water partition coefficient (Wildman–Crippen LogP) is 15.1. The van der Waals surface area contributed by atoms with E-state index in [0.717, 1.165) is 78.3 Å². The average molecular weight is 779 g/mol. The fourth-order valence-corrected chi connectivity index (χ4v) is 8.51. The highest BCUT2D eigenvalue weighted by Crippen LogP contribution is 2.45. The first-order valence-corrected chi connectivity index (χ1v) is 20.6. The summed E-state index contributed by atoms with van der Waals surface area (Å²) < 4.78 is 0. The van der Waals surface area contributed by atoms with E-state index >= 15 is 0 Å². The molecule has 11 rings (SSSR count). The Hall–Kier alpha value is -8.21. The maximum Gasteiger partial charge on any atom is 0.160 e. The molecule has 0 aliphatic carbocycles. The fourth-order valence-electron chi connectivity index (χ4n) is 8.51. The largest absolute Gasteiger partial charge is 0.310 e. The first-order valence-electron chi connectivity index (χ1n) is 20.6. The topological polar surface area (TPSA) is 41.9 Å². The number of hydrogen-bond acceptors (Lipinski definition) is 4. The number of pyridine rings is 1. The third kappa shape index (κ3) is 6.76. The number of anilines is 3. The van der Waals surface area contributed by atoms with Gasteiger partial charge in [-0.1, -0.05) is 188 Å². The number of benzene rings is 9. The molecule has 286 valence electrons. The second-order valence-electron chi connectivity index (χ2n) is 15.2. The lowest BCUT2D eigenvalue weighted by Crippen LogP contribution is -2.10. The molecule has 0 N–H and O–H groups in total. The maximum absolute atomic E-state index is 5.50. The Morgan fingerprint density at radius 2 is 0.820 bits per heavy atom. The van der Waals surface area contributed by atoms with Crippen LogP contribution >= 0.6 is 0 Å². The van der Waals surface area contributed by atoms with Gasteiger partial charge in [0.15, 0.2) is 5.82 Å². The van der Waals surface area contributed by atoms with Gasteiger partial charge in [0, 0.05) is 49.8 Å². The highest BCUT2D eigenvalue weighted by Gasteiger charge is 2.21. The second-order valence-corrected chi connectivity index (χ2v) is 15.2. The van der Waals surface area contributed by atoms with E-state index in [1.165, 1.54) is 21.7 Å². The number of nitrogens with zero attached hydrogens (tertiary/aromatic N) is 4. The summed E-state index contributed by atoms with van der Waals surface area (Å²) in [5.41, 5.74) is 13.2. The van der Waals surface area contributed by atoms with Gasteiger partial charge in [-0.3, -0.25) is 0 Å². The van der Waals surface area contributed by atoms with Crippen LogP contribution < -0.4 is 4.90 Å². The summed E-state index contributed by atoms with van der Waals surface area (Å²) in [6.45, 7) is 0. The summed E-state index contributed by atoms with van der Waals surface area (Å²) in [7, 11) is 0. The van der Waals surface area contributed by atoms with Crippen molar-refractivity contribution in [2.75, 3.05) is 4.90 Å². The number of fused-ring (bicyclic) bond motifs is 5. The monoisotopic (exact) mass is 778 g/mol. The van der Waals surface area contributed by atoms with Crippen molar-refractivity contribution in [2.45, 2.75) is 0 Å². The third-order valence-corrected chi connectivity index (χ3v) is 11.5. The molecule has 0 aliphatic heterocycles. The zero-order valence-electron chi connectivity index (χ0n) is 33.2. The molecular formula is C57H38N4. The summed E-state index contributed by atoms with van der Waals surface area (Å²) in [6.07, 6.45) is 0. The van der Waals surface area contributed by atoms with Gasteiger partial charge in [-0.05, 0) is 64.4 Å². The molecule has 0 radical (unpaired) electrons. The molecule has 9 aromatic carbocycles. The normalized spacial score (nSPS) is 11.3. The molecule has 0 saturated carbocycles. The smallest absolute Gasteiger partial charge is 0.160 e. The van der Waals surface area contributed by atoms with Crippen molar-refractivity contribution in [1.29, 1.82) is 0 Å². The molecular weight excluding hydrogens is 741 g/mol. The van der Waals surface area contributed by atoms with Gasteiger partial charge in [-0.25, -0.2) is 15.0 Å². The van der Waals surface area contributed by atoms with E-state index in [1.54, 1.807) is 0 Å². The summed E-state index contributed by atoms with van der Waals surface area (Å²) in [4.78, 5) is 18.1. The van der Waals surface area contributed by atoms with Crippen molar-refractivity contribution in [2.24, 2.45) is 0 Å². The first kappa shape index (κ1) is 35.9. The zero-order valence-corrected chi connectivity index (χ0v) is 33.2. The molecule has 0 spiro atoms. The highest BCUT2D eigenvalue weighted by atomic mass is 15.1. The van der Waals surface area contributed by atoms with Gasteiger partial charge in [0.1, 0.15) is 0 Å². The van der Waals surface area contributed by atoms with Crippen LogP contribution in [0.4, 0.5) is 17.1 Å². The van der Waals surface area contributed by atoms with Crippen LogP contribution in [-0.2, 0) is 0 Å². The molecule has 2 heterocycles. The summed E-state index contributed by atoms with van der Waals surface area (Å²) in [5, 5.41) is 5.77. The summed E-state index contributed by atoms with van der Waals surface area (Å²) in [6, 6.07) is 80.9. The third-order valence-electron chi connectivity index (χ3n) is 11.5. The Bertz CT molecular complexity index is 3280. The molecule has 2 aromatic heterocycles. The summed E-state index contributed by atoms with van der Waals surface area (Å²) >= 11 is 0. The maximum atomic E-state index is 5.50. The van der Waals surface area contributed by atoms with E-state index in [4.69, 9.17) is 15.0 Å². The van der Waals surface area contributed by atoms with Crippen molar-refractivity contribution in [1.82, 2.24) is 15.0 Å². The zero-order chi connectivity index (χ0) is 40.5. The quantitative estimate of drug-likeness (QED) is 0.144. The van der Waals surface area contributed by atoms with E-state index in [-0.39, 0.29) is 0 Å². The Morgan fingerprint density at radius 3 is 1.48 bits per heavy atom. The van der Waals surface area contributed by atoms with E-state index in [2.05, 4.69) is 211 Å². The molecule has 4 heteroatoms. The highest BCUT2D eigenvalue weighted by molar-refractivity contribution is 6.26. The van der Waals surface area contributed by atoms with Gasteiger partial charge in [-0.15, -0.1) is 0 Å². The van der Waals surface area contributed by atoms with Crippen molar-refractivity contribution < 1.29 is 0 Å². The van der Waals surface area contributed by atoms with Gasteiger partial charge >= 0.3 is 0 Å². The average Bonchev–Trinajstić information content (AvgIpc) is 3.35. The number of aromatic nitrogens is 3. The minimum absolute atomic E-state index is 0.685. The van der Waals surface area contributed by atoms with Gasteiger partial charge in [0.25, 0.3) is 0 Å². The summed E-state index contributed by atoms with van der Waals surface area (Å²) in [5.74, 6) is 0.685. The minimum Gasteiger partial charge on any atom is -0.310 e. The van der Waals surface area contributed by atoms with E-state index in [9.17, 15) is 0 Å². The van der Waals surface area contributed by atoms with Crippen LogP contribution in [0.3, 0.4) is 0 Å². The molecule has 0 atom stereocenters. The minimum atomic E-state index is 0.685. The Kier molecular flexibility index (Phi) is 9.14. The predicted molar refractivity (Wildman–Crippen MR) is 254 cm³/mol. The lowest BCUT2D eigenvalue weighted by molar-refractivity contribution is 1.18. The van der Waals surface area contributed by atoms with Crippen molar-refractivity contribution in [3.05, 3.63) is 231 Å². The Morgan fingerprint density at radius 1 is 0.311 bits per heavy atom. The van der Waals surface area contributed by atoms with E-state index < -0.39 is 0 Å². The Labute approximate surface area is 354 Å². The van der Waals surface area contributed by atoms with Crippen LogP contribution in [0.25, 0.3) is 88.7 Å². The molecule has 4 nitrogen and oxygen atoms in total. The molecule has 0 amide bonds. The van der Waals surface area contributed by atoms with Crippen LogP contribution in [-0.4, -0.2) is 15.0 Å². The SMILES string of the molecule is c1ccc(-c2ccc(-c3nc(-c4ccccc4)cc(-c4ccc(-c5nc6cccc(N(c7ccccc7)c7ccccc7)c6c6c5ccc5ccccc56)cc4)n3)cc2)cc1. The van der Waals surface area contributed by atoms with Crippen molar-refractivity contribution in [3.8, 4) is 56.3 Å². The first-order chi connectivity index (χ1) is 30.2. The molecule has 11 aromatic rings. The number of hydrogen-bond donors (Lipinski definition) is 0. The van der Waals surface area contributed by atoms with E-state index in [0.29, 0.717) is 5.82 Å². The second kappa shape index (κ2) is 15.5. The van der Waals surface area contributed by atoms with Crippen molar-refractivity contribution in [3.63, 3.8) is 0 Å². The van der Waals surface area contributed by atoms with Crippen LogP contribution in [0.5, 0.6) is 0 Å². The Balaban J connectivity index is 1.06. The molecule has 0 aliphatic rings. The van der Waals surface area contributed by atoms with E-state index in [1.807, 2.05) is 24.3 Å². The van der Waals surface area contributed by atoms with Crippen LogP contribution in [0.1, 0.15) is 0 Å². The molecule has 0 unspecified atom stereocenters. The molecule has 0 bridgehead atoms. The fraction of sp³-hybridized carbons (Fsp3) is 0. The number of para-hydroxylation sites is 2. The standard InChI is InChI=1S/C57H38N4/c1-5-16-39(17-6-1)40-28-34-45(35-29-40)57-59-51(42-19-7-2-8-20-42)38-52(60-57)43-30-32-44(33-31-43)56-49-37-36-41-18-13-14-25-48(41)54(49)55-50(58-56)26-15-27-53(55)61(46-21-9-3-10-22-46)47-23-11-4-12-24-47/h1-38H. The van der Waals surface area contributed by atoms with Gasteiger partial charge in [-0.2, -0.15) is 0 Å². The lowest BCUT2D eigenvalue weighted by Gasteiger charge is -2.27. The molecule has 0 saturated heterocycles.